The number of para-hydroxylation sites is 3. The first-order valence-electron chi connectivity index (χ1n) is 12.7. The fourth-order valence-corrected chi connectivity index (χ4v) is 6.69. The van der Waals surface area contributed by atoms with Crippen molar-refractivity contribution >= 4 is 68.8 Å². The van der Waals surface area contributed by atoms with E-state index in [2.05, 4.69) is 16.8 Å². The normalized spacial score (nSPS) is 13.2. The number of hydrogen-bond acceptors (Lipinski definition) is 7. The van der Waals surface area contributed by atoms with Crippen molar-refractivity contribution in [1.29, 1.82) is 0 Å². The molecule has 5 aromatic rings. The molecule has 0 saturated carbocycles. The molecule has 3 aromatic carbocycles. The Morgan fingerprint density at radius 1 is 0.974 bits per heavy atom. The highest BCUT2D eigenvalue weighted by molar-refractivity contribution is 8.00. The molecule has 1 atom stereocenters. The second-order valence-electron chi connectivity index (χ2n) is 9.07. The van der Waals surface area contributed by atoms with Crippen molar-refractivity contribution in [2.24, 2.45) is 0 Å². The van der Waals surface area contributed by atoms with E-state index in [4.69, 9.17) is 4.98 Å². The quantitative estimate of drug-likeness (QED) is 0.155. The summed E-state index contributed by atoms with van der Waals surface area (Å²) in [6, 6.07) is 23.5. The molecule has 3 heterocycles. The average Bonchev–Trinajstić information content (AvgIpc) is 3.30. The molecule has 7 nitrogen and oxygen atoms in total. The van der Waals surface area contributed by atoms with Gasteiger partial charge in [0.25, 0.3) is 0 Å². The molecule has 6 rings (SSSR count). The van der Waals surface area contributed by atoms with Gasteiger partial charge in [0.05, 0.1) is 22.1 Å². The predicted molar refractivity (Wildman–Crippen MR) is 157 cm³/mol. The van der Waals surface area contributed by atoms with Crippen LogP contribution in [0.25, 0.3) is 22.1 Å². The van der Waals surface area contributed by atoms with Gasteiger partial charge in [-0.25, -0.2) is 4.98 Å². The summed E-state index contributed by atoms with van der Waals surface area (Å²) >= 11 is 2.94. The van der Waals surface area contributed by atoms with Gasteiger partial charge in [0.2, 0.25) is 17.0 Å². The SMILES string of the molecule is C=CCCC(=O)n1c2ccccc2c2nnc(SC(CC)C(=O)N3c4ccccc4Sc4ccccc43)nc21. The standard InChI is InChI=1S/C30H25N5O2S2/c1-3-5-18-26(36)35-20-13-7-6-12-19(20)27-28(35)31-30(33-32-27)39-23(4-2)29(37)34-21-14-8-10-16-24(21)38-25-17-11-9-15-22(25)34/h3,6-17,23H,1,4-5,18H2,2H3. The van der Waals surface area contributed by atoms with Gasteiger partial charge in [-0.3, -0.25) is 19.1 Å². The van der Waals surface area contributed by atoms with Crippen molar-refractivity contribution in [3.8, 4) is 0 Å². The van der Waals surface area contributed by atoms with Gasteiger partial charge in [0, 0.05) is 21.6 Å². The van der Waals surface area contributed by atoms with Gasteiger partial charge < -0.3 is 0 Å². The Kier molecular flexibility index (Phi) is 6.93. The minimum absolute atomic E-state index is 0.0472. The molecule has 0 aliphatic carbocycles. The fourth-order valence-electron chi connectivity index (χ4n) is 4.78. The summed E-state index contributed by atoms with van der Waals surface area (Å²) < 4.78 is 1.62. The average molecular weight is 552 g/mol. The van der Waals surface area contributed by atoms with Crippen LogP contribution in [0.5, 0.6) is 0 Å². The van der Waals surface area contributed by atoms with Crippen LogP contribution >= 0.6 is 23.5 Å². The van der Waals surface area contributed by atoms with Crippen LogP contribution in [0.1, 0.15) is 31.0 Å². The lowest BCUT2D eigenvalue weighted by molar-refractivity contribution is -0.117. The first kappa shape index (κ1) is 25.3. The highest BCUT2D eigenvalue weighted by Crippen LogP contribution is 2.48. The summed E-state index contributed by atoms with van der Waals surface area (Å²) in [5.74, 6) is -0.131. The van der Waals surface area contributed by atoms with Crippen molar-refractivity contribution < 1.29 is 9.59 Å². The van der Waals surface area contributed by atoms with Crippen LogP contribution in [0, 0.1) is 0 Å². The highest BCUT2D eigenvalue weighted by atomic mass is 32.2. The van der Waals surface area contributed by atoms with Crippen molar-refractivity contribution in [3.05, 3.63) is 85.5 Å². The number of benzene rings is 3. The van der Waals surface area contributed by atoms with E-state index in [0.717, 1.165) is 32.1 Å². The van der Waals surface area contributed by atoms with Gasteiger partial charge in [-0.2, -0.15) is 0 Å². The Labute approximate surface area is 234 Å². The van der Waals surface area contributed by atoms with Crippen LogP contribution in [0.4, 0.5) is 11.4 Å². The minimum Gasteiger partial charge on any atom is -0.278 e. The number of anilines is 2. The first-order chi connectivity index (χ1) is 19.1. The third-order valence-corrected chi connectivity index (χ3v) is 8.95. The van der Waals surface area contributed by atoms with E-state index in [9.17, 15) is 9.59 Å². The number of carbonyl (C=O) groups is 2. The van der Waals surface area contributed by atoms with E-state index in [1.807, 2.05) is 84.6 Å². The van der Waals surface area contributed by atoms with E-state index in [-0.39, 0.29) is 11.8 Å². The number of aromatic nitrogens is 4. The number of carbonyl (C=O) groups excluding carboxylic acids is 2. The third-order valence-electron chi connectivity index (χ3n) is 6.62. The summed E-state index contributed by atoms with van der Waals surface area (Å²) in [6.45, 7) is 5.72. The van der Waals surface area contributed by atoms with Crippen LogP contribution in [-0.4, -0.2) is 36.8 Å². The molecule has 0 spiro atoms. The zero-order valence-corrected chi connectivity index (χ0v) is 22.9. The Hall–Kier alpha value is -3.95. The van der Waals surface area contributed by atoms with E-state index in [0.29, 0.717) is 35.6 Å². The van der Waals surface area contributed by atoms with Crippen LogP contribution in [0.3, 0.4) is 0 Å². The molecule has 0 radical (unpaired) electrons. The summed E-state index contributed by atoms with van der Waals surface area (Å²) in [5, 5.41) is 9.57. The maximum atomic E-state index is 14.1. The highest BCUT2D eigenvalue weighted by Gasteiger charge is 2.33. The second kappa shape index (κ2) is 10.7. The summed E-state index contributed by atoms with van der Waals surface area (Å²) in [5.41, 5.74) is 3.50. The smallest absolute Gasteiger partial charge is 0.245 e. The Balaban J connectivity index is 1.38. The topological polar surface area (TPSA) is 81.0 Å². The van der Waals surface area contributed by atoms with Gasteiger partial charge >= 0.3 is 0 Å². The van der Waals surface area contributed by atoms with Crippen LogP contribution in [0.2, 0.25) is 0 Å². The van der Waals surface area contributed by atoms with Crippen LogP contribution in [0.15, 0.2) is 100 Å². The Bertz CT molecular complexity index is 1700. The lowest BCUT2D eigenvalue weighted by Gasteiger charge is -2.33. The van der Waals surface area contributed by atoms with Gasteiger partial charge in [-0.1, -0.05) is 79.0 Å². The van der Waals surface area contributed by atoms with E-state index < -0.39 is 5.25 Å². The summed E-state index contributed by atoms with van der Waals surface area (Å²) in [4.78, 5) is 35.9. The van der Waals surface area contributed by atoms with E-state index >= 15 is 0 Å². The fraction of sp³-hybridized carbons (Fsp3) is 0.167. The van der Waals surface area contributed by atoms with Crippen molar-refractivity contribution in [3.63, 3.8) is 0 Å². The number of hydrogen-bond donors (Lipinski definition) is 0. The number of nitrogens with zero attached hydrogens (tertiary/aromatic N) is 5. The Morgan fingerprint density at radius 3 is 2.33 bits per heavy atom. The summed E-state index contributed by atoms with van der Waals surface area (Å²) in [7, 11) is 0. The number of allylic oxidation sites excluding steroid dienone is 1. The molecule has 1 aliphatic rings. The molecule has 9 heteroatoms. The zero-order chi connectivity index (χ0) is 26.9. The van der Waals surface area contributed by atoms with Gasteiger partial charge in [0.15, 0.2) is 5.65 Å². The van der Waals surface area contributed by atoms with Crippen molar-refractivity contribution in [2.75, 3.05) is 4.90 Å². The van der Waals surface area contributed by atoms with E-state index in [1.54, 1.807) is 22.4 Å². The molecular weight excluding hydrogens is 526 g/mol. The van der Waals surface area contributed by atoms with Crippen molar-refractivity contribution in [2.45, 2.75) is 46.4 Å². The molecule has 39 heavy (non-hydrogen) atoms. The number of rotatable bonds is 7. The molecule has 0 saturated heterocycles. The molecule has 0 fully saturated rings. The molecular formula is C30H25N5O2S2. The molecule has 194 valence electrons. The largest absolute Gasteiger partial charge is 0.278 e. The number of amides is 1. The first-order valence-corrected chi connectivity index (χ1v) is 14.4. The van der Waals surface area contributed by atoms with Crippen LogP contribution in [-0.2, 0) is 4.79 Å². The van der Waals surface area contributed by atoms with Gasteiger partial charge in [-0.05, 0) is 43.2 Å². The molecule has 0 N–H and O–H groups in total. The Morgan fingerprint density at radius 2 is 1.64 bits per heavy atom. The van der Waals surface area contributed by atoms with Gasteiger partial charge in [-0.15, -0.1) is 16.8 Å². The second-order valence-corrected chi connectivity index (χ2v) is 11.3. The molecule has 1 aliphatic heterocycles. The van der Waals surface area contributed by atoms with E-state index in [1.165, 1.54) is 11.8 Å². The predicted octanol–water partition coefficient (Wildman–Crippen LogP) is 7.29. The van der Waals surface area contributed by atoms with Crippen LogP contribution < -0.4 is 4.90 Å². The zero-order valence-electron chi connectivity index (χ0n) is 21.3. The number of thioether (sulfide) groups is 1. The number of fused-ring (bicyclic) bond motifs is 5. The third kappa shape index (κ3) is 4.51. The molecule has 0 bridgehead atoms. The van der Waals surface area contributed by atoms with Gasteiger partial charge in [0.1, 0.15) is 5.52 Å². The van der Waals surface area contributed by atoms with Crippen molar-refractivity contribution in [1.82, 2.24) is 19.7 Å². The molecule has 2 aromatic heterocycles. The lowest BCUT2D eigenvalue weighted by atomic mass is 10.2. The molecule has 1 unspecified atom stereocenters. The molecule has 1 amide bonds. The lowest BCUT2D eigenvalue weighted by Crippen LogP contribution is -2.35. The minimum atomic E-state index is -0.456. The maximum Gasteiger partial charge on any atom is 0.245 e. The maximum absolute atomic E-state index is 14.1. The summed E-state index contributed by atoms with van der Waals surface area (Å²) in [6.07, 6.45) is 3.18. The monoisotopic (exact) mass is 551 g/mol.